The molecule has 21 heavy (non-hydrogen) atoms. The van der Waals surface area contributed by atoms with Gasteiger partial charge in [-0.2, -0.15) is 0 Å². The van der Waals surface area contributed by atoms with Gasteiger partial charge in [0, 0.05) is 22.5 Å². The molecule has 2 aromatic rings. The maximum Gasteiger partial charge on any atom is 0.259 e. The van der Waals surface area contributed by atoms with Gasteiger partial charge in [-0.05, 0) is 18.2 Å². The van der Waals surface area contributed by atoms with Crippen LogP contribution in [0.15, 0.2) is 61.2 Å². The Balaban J connectivity index is 1.73. The minimum Gasteiger partial charge on any atom is -0.325 e. The molecule has 1 heterocycles. The Morgan fingerprint density at radius 1 is 1.00 bits per heavy atom. The summed E-state index contributed by atoms with van der Waals surface area (Å²) >= 11 is 0. The minimum atomic E-state index is -0.247. The van der Waals surface area contributed by atoms with Crippen LogP contribution in [0.1, 0.15) is 15.9 Å². The number of hydrogen-bond acceptors (Lipinski definition) is 2. The van der Waals surface area contributed by atoms with Crippen molar-refractivity contribution in [3.8, 4) is 0 Å². The van der Waals surface area contributed by atoms with Gasteiger partial charge in [-0.15, -0.1) is 0 Å². The number of nitrogens with zero attached hydrogens (tertiary/aromatic N) is 1. The normalized spacial score (nSPS) is 13.2. The Kier molecular flexibility index (Phi) is 3.28. The van der Waals surface area contributed by atoms with Gasteiger partial charge in [0.05, 0.1) is 0 Å². The number of anilines is 1. The molecule has 1 aliphatic rings. The average molecular weight is 278 g/mol. The molecular formula is C17H14N2O2. The van der Waals surface area contributed by atoms with Gasteiger partial charge in [-0.3, -0.25) is 14.5 Å². The quantitative estimate of drug-likeness (QED) is 0.938. The summed E-state index contributed by atoms with van der Waals surface area (Å²) in [6.07, 6.45) is 0. The molecule has 1 N–H and O–H groups in total. The van der Waals surface area contributed by atoms with Crippen LogP contribution in [0.5, 0.6) is 0 Å². The molecule has 104 valence electrons. The van der Waals surface area contributed by atoms with Gasteiger partial charge < -0.3 is 5.32 Å². The lowest BCUT2D eigenvalue weighted by Gasteiger charge is -2.16. The Hall–Kier alpha value is -2.88. The van der Waals surface area contributed by atoms with Crippen LogP contribution in [0.4, 0.5) is 5.69 Å². The molecule has 0 spiro atoms. The van der Waals surface area contributed by atoms with Gasteiger partial charge in [0.1, 0.15) is 6.54 Å². The summed E-state index contributed by atoms with van der Waals surface area (Å²) in [4.78, 5) is 25.8. The molecule has 0 saturated carbocycles. The van der Waals surface area contributed by atoms with E-state index < -0.39 is 0 Å². The fraction of sp³-hybridized carbons (Fsp3) is 0.0588. The van der Waals surface area contributed by atoms with Crippen LogP contribution in [0, 0.1) is 0 Å². The van der Waals surface area contributed by atoms with E-state index in [1.54, 1.807) is 24.3 Å². The molecule has 2 aromatic carbocycles. The van der Waals surface area contributed by atoms with E-state index in [4.69, 9.17) is 0 Å². The van der Waals surface area contributed by atoms with Crippen molar-refractivity contribution < 1.29 is 9.59 Å². The largest absolute Gasteiger partial charge is 0.325 e. The van der Waals surface area contributed by atoms with Crippen LogP contribution in [-0.4, -0.2) is 23.3 Å². The van der Waals surface area contributed by atoms with Gasteiger partial charge in [-0.25, -0.2) is 0 Å². The SMILES string of the molecule is C=C1c2ccccc2C(=O)N1CC(=O)Nc1ccccc1. The Bertz CT molecular complexity index is 688. The molecule has 0 radical (unpaired) electrons. The lowest BCUT2D eigenvalue weighted by Crippen LogP contribution is -2.32. The maximum absolute atomic E-state index is 12.3. The van der Waals surface area contributed by atoms with E-state index >= 15 is 0 Å². The zero-order valence-electron chi connectivity index (χ0n) is 11.4. The zero-order valence-corrected chi connectivity index (χ0v) is 11.4. The number of amides is 2. The molecule has 0 unspecified atom stereocenters. The van der Waals surface area contributed by atoms with Crippen molar-refractivity contribution in [2.75, 3.05) is 11.9 Å². The molecule has 0 aliphatic carbocycles. The fourth-order valence-electron chi connectivity index (χ4n) is 2.37. The highest BCUT2D eigenvalue weighted by Gasteiger charge is 2.31. The van der Waals surface area contributed by atoms with Crippen molar-refractivity contribution in [3.05, 3.63) is 72.3 Å². The summed E-state index contributed by atoms with van der Waals surface area (Å²) in [5.41, 5.74) is 2.65. The number of carbonyl (C=O) groups is 2. The van der Waals surface area contributed by atoms with Gasteiger partial charge in [-0.1, -0.05) is 43.0 Å². The van der Waals surface area contributed by atoms with Gasteiger partial charge in [0.2, 0.25) is 5.91 Å². The Morgan fingerprint density at radius 2 is 1.62 bits per heavy atom. The molecule has 0 fully saturated rings. The summed E-state index contributed by atoms with van der Waals surface area (Å²) in [6, 6.07) is 16.4. The second kappa shape index (κ2) is 5.25. The van der Waals surface area contributed by atoms with Crippen molar-refractivity contribution >= 4 is 23.2 Å². The molecule has 4 nitrogen and oxygen atoms in total. The van der Waals surface area contributed by atoms with Crippen molar-refractivity contribution in [2.24, 2.45) is 0 Å². The number of para-hydroxylation sites is 1. The highest BCUT2D eigenvalue weighted by molar-refractivity contribution is 6.11. The number of carbonyl (C=O) groups excluding carboxylic acids is 2. The molecule has 3 rings (SSSR count). The molecule has 2 amide bonds. The van der Waals surface area contributed by atoms with Gasteiger partial charge in [0.15, 0.2) is 0 Å². The first-order valence-electron chi connectivity index (χ1n) is 6.62. The molecular weight excluding hydrogens is 264 g/mol. The molecule has 0 atom stereocenters. The van der Waals surface area contributed by atoms with Crippen LogP contribution >= 0.6 is 0 Å². The minimum absolute atomic E-state index is 0.0404. The van der Waals surface area contributed by atoms with Crippen molar-refractivity contribution in [1.82, 2.24) is 4.90 Å². The van der Waals surface area contributed by atoms with Crippen LogP contribution in [0.2, 0.25) is 0 Å². The van der Waals surface area contributed by atoms with E-state index in [1.807, 2.05) is 30.3 Å². The van der Waals surface area contributed by atoms with Crippen molar-refractivity contribution in [2.45, 2.75) is 0 Å². The summed E-state index contributed by atoms with van der Waals surface area (Å²) in [6.45, 7) is 3.87. The first-order valence-corrected chi connectivity index (χ1v) is 6.62. The van der Waals surface area contributed by atoms with Crippen LogP contribution in [-0.2, 0) is 4.79 Å². The average Bonchev–Trinajstić information content (AvgIpc) is 2.74. The number of nitrogens with one attached hydrogen (secondary N) is 1. The first-order chi connectivity index (χ1) is 10.2. The second-order valence-electron chi connectivity index (χ2n) is 4.80. The molecule has 4 heteroatoms. The lowest BCUT2D eigenvalue weighted by molar-refractivity contribution is -0.116. The molecule has 1 aliphatic heterocycles. The highest BCUT2D eigenvalue weighted by atomic mass is 16.2. The summed E-state index contributed by atoms with van der Waals surface area (Å²) in [5, 5.41) is 2.76. The highest BCUT2D eigenvalue weighted by Crippen LogP contribution is 2.30. The lowest BCUT2D eigenvalue weighted by atomic mass is 10.1. The van der Waals surface area contributed by atoms with E-state index in [0.717, 1.165) is 5.56 Å². The smallest absolute Gasteiger partial charge is 0.259 e. The van der Waals surface area contributed by atoms with Crippen LogP contribution in [0.25, 0.3) is 5.70 Å². The van der Waals surface area contributed by atoms with Crippen molar-refractivity contribution in [3.63, 3.8) is 0 Å². The van der Waals surface area contributed by atoms with E-state index in [-0.39, 0.29) is 18.4 Å². The predicted octanol–water partition coefficient (Wildman–Crippen LogP) is 2.75. The van der Waals surface area contributed by atoms with E-state index in [2.05, 4.69) is 11.9 Å². The van der Waals surface area contributed by atoms with Crippen molar-refractivity contribution in [1.29, 1.82) is 0 Å². The summed E-state index contributed by atoms with van der Waals surface area (Å²) in [7, 11) is 0. The van der Waals surface area contributed by atoms with E-state index in [1.165, 1.54) is 4.90 Å². The number of hydrogen-bond donors (Lipinski definition) is 1. The third-order valence-corrected chi connectivity index (χ3v) is 3.40. The number of rotatable bonds is 3. The molecule has 0 aromatic heterocycles. The topological polar surface area (TPSA) is 49.4 Å². The fourth-order valence-corrected chi connectivity index (χ4v) is 2.37. The summed E-state index contributed by atoms with van der Waals surface area (Å²) < 4.78 is 0. The Morgan fingerprint density at radius 3 is 2.29 bits per heavy atom. The third-order valence-electron chi connectivity index (χ3n) is 3.40. The standard InChI is InChI=1S/C17H14N2O2/c1-12-14-9-5-6-10-15(14)17(21)19(12)11-16(20)18-13-7-3-2-4-8-13/h2-10H,1,11H2,(H,18,20). The van der Waals surface area contributed by atoms with Gasteiger partial charge in [0.25, 0.3) is 5.91 Å². The second-order valence-corrected chi connectivity index (χ2v) is 4.80. The van der Waals surface area contributed by atoms with E-state index in [9.17, 15) is 9.59 Å². The van der Waals surface area contributed by atoms with Crippen LogP contribution < -0.4 is 5.32 Å². The first kappa shape index (κ1) is 13.1. The predicted molar refractivity (Wildman–Crippen MR) is 81.6 cm³/mol. The third kappa shape index (κ3) is 2.43. The number of benzene rings is 2. The van der Waals surface area contributed by atoms with Gasteiger partial charge >= 0.3 is 0 Å². The van der Waals surface area contributed by atoms with Crippen LogP contribution in [0.3, 0.4) is 0 Å². The monoisotopic (exact) mass is 278 g/mol. The zero-order chi connectivity index (χ0) is 14.8. The maximum atomic E-state index is 12.3. The summed E-state index contributed by atoms with van der Waals surface area (Å²) in [5.74, 6) is -0.428. The number of fused-ring (bicyclic) bond motifs is 1. The molecule has 0 bridgehead atoms. The Labute approximate surface area is 122 Å². The van der Waals surface area contributed by atoms with E-state index in [0.29, 0.717) is 16.9 Å². The molecule has 0 saturated heterocycles.